The van der Waals surface area contributed by atoms with Crippen LogP contribution in [0.1, 0.15) is 56.9 Å². The molecule has 0 spiro atoms. The minimum absolute atomic E-state index is 0.0139. The second kappa shape index (κ2) is 7.77. The van der Waals surface area contributed by atoms with Gasteiger partial charge in [0.15, 0.2) is 16.4 Å². The van der Waals surface area contributed by atoms with Crippen LogP contribution in [-0.2, 0) is 14.6 Å². The Hall–Kier alpha value is -1.27. The van der Waals surface area contributed by atoms with Crippen molar-refractivity contribution in [3.05, 3.63) is 28.8 Å². The highest BCUT2D eigenvalue weighted by molar-refractivity contribution is 7.91. The number of nitrogens with one attached hydrogen (secondary N) is 1. The summed E-state index contributed by atoms with van der Waals surface area (Å²) in [4.78, 5) is 12.3. The third-order valence-electron chi connectivity index (χ3n) is 5.32. The molecule has 1 atom stereocenters. The Kier molecular flexibility index (Phi) is 5.82. The molecular weight excluding hydrogens is 374 g/mol. The minimum Gasteiger partial charge on any atom is -0.483 e. The predicted molar refractivity (Wildman–Crippen MR) is 103 cm³/mol. The molecule has 0 radical (unpaired) electrons. The first kappa shape index (κ1) is 19.5. The van der Waals surface area contributed by atoms with E-state index in [2.05, 4.69) is 5.32 Å². The Labute approximate surface area is 160 Å². The van der Waals surface area contributed by atoms with Crippen LogP contribution in [0.25, 0.3) is 0 Å². The van der Waals surface area contributed by atoms with Crippen molar-refractivity contribution < 1.29 is 17.9 Å². The molecule has 1 amide bonds. The molecule has 2 aliphatic rings. The second-order valence-electron chi connectivity index (χ2n) is 7.76. The molecule has 3 rings (SSSR count). The van der Waals surface area contributed by atoms with E-state index in [0.29, 0.717) is 23.1 Å². The minimum atomic E-state index is -3.06. The van der Waals surface area contributed by atoms with Gasteiger partial charge in [-0.05, 0) is 55.9 Å². The van der Waals surface area contributed by atoms with Crippen molar-refractivity contribution in [1.82, 2.24) is 5.32 Å². The summed E-state index contributed by atoms with van der Waals surface area (Å²) in [7, 11) is -3.06. The SMILES string of the molecule is CC1(NC(=O)COc2ccc(Cl)cc2C2CCCCC2)CCS(=O)(=O)C1. The Balaban J connectivity index is 1.63. The number of sulfone groups is 1. The molecule has 2 fully saturated rings. The Morgan fingerprint density at radius 2 is 2.04 bits per heavy atom. The first-order chi connectivity index (χ1) is 12.3. The third kappa shape index (κ3) is 4.92. The van der Waals surface area contributed by atoms with Gasteiger partial charge >= 0.3 is 0 Å². The molecule has 1 aliphatic carbocycles. The van der Waals surface area contributed by atoms with Gasteiger partial charge in [0.05, 0.1) is 17.0 Å². The maximum absolute atomic E-state index is 12.3. The van der Waals surface area contributed by atoms with E-state index in [1.165, 1.54) is 19.3 Å². The summed E-state index contributed by atoms with van der Waals surface area (Å²) in [5.74, 6) is 0.918. The van der Waals surface area contributed by atoms with Crippen molar-refractivity contribution in [2.24, 2.45) is 0 Å². The van der Waals surface area contributed by atoms with Gasteiger partial charge in [-0.2, -0.15) is 0 Å². The zero-order valence-corrected chi connectivity index (χ0v) is 16.7. The van der Waals surface area contributed by atoms with Crippen LogP contribution in [0.3, 0.4) is 0 Å². The molecule has 0 bridgehead atoms. The molecule has 7 heteroatoms. The van der Waals surface area contributed by atoms with Crippen LogP contribution >= 0.6 is 11.6 Å². The van der Waals surface area contributed by atoms with E-state index in [-0.39, 0.29) is 24.0 Å². The standard InChI is InChI=1S/C19H26ClNO4S/c1-19(9-10-26(23,24)13-19)21-18(22)12-25-17-8-7-15(20)11-16(17)14-5-3-2-4-6-14/h7-8,11,14H,2-6,9-10,12-13H2,1H3,(H,21,22). The lowest BCUT2D eigenvalue weighted by molar-refractivity contribution is -0.124. The van der Waals surface area contributed by atoms with E-state index in [0.717, 1.165) is 18.4 Å². The van der Waals surface area contributed by atoms with Gasteiger partial charge in [-0.1, -0.05) is 30.9 Å². The number of benzene rings is 1. The molecule has 1 aliphatic heterocycles. The van der Waals surface area contributed by atoms with Gasteiger partial charge in [-0.25, -0.2) is 8.42 Å². The van der Waals surface area contributed by atoms with Gasteiger partial charge in [0, 0.05) is 5.02 Å². The highest BCUT2D eigenvalue weighted by Gasteiger charge is 2.39. The third-order valence-corrected chi connectivity index (χ3v) is 7.46. The molecule has 0 aromatic heterocycles. The van der Waals surface area contributed by atoms with E-state index in [1.807, 2.05) is 12.1 Å². The number of hydrogen-bond donors (Lipinski definition) is 1. The lowest BCUT2D eigenvalue weighted by Crippen LogP contribution is -2.48. The summed E-state index contributed by atoms with van der Waals surface area (Å²) in [5.41, 5.74) is 0.366. The zero-order chi connectivity index (χ0) is 18.8. The summed E-state index contributed by atoms with van der Waals surface area (Å²) < 4.78 is 29.1. The number of amides is 1. The highest BCUT2D eigenvalue weighted by atomic mass is 35.5. The van der Waals surface area contributed by atoms with Gasteiger partial charge in [0.1, 0.15) is 5.75 Å². The monoisotopic (exact) mass is 399 g/mol. The second-order valence-corrected chi connectivity index (χ2v) is 10.4. The fraction of sp³-hybridized carbons (Fsp3) is 0.632. The van der Waals surface area contributed by atoms with Crippen LogP contribution in [0.15, 0.2) is 18.2 Å². The van der Waals surface area contributed by atoms with Gasteiger partial charge < -0.3 is 10.1 Å². The van der Waals surface area contributed by atoms with Crippen molar-refractivity contribution in [2.75, 3.05) is 18.1 Å². The molecule has 1 aromatic carbocycles. The zero-order valence-electron chi connectivity index (χ0n) is 15.1. The van der Waals surface area contributed by atoms with Crippen LogP contribution in [0.5, 0.6) is 5.75 Å². The first-order valence-corrected chi connectivity index (χ1v) is 11.4. The maximum atomic E-state index is 12.3. The van der Waals surface area contributed by atoms with Crippen molar-refractivity contribution in [2.45, 2.75) is 56.9 Å². The number of carbonyl (C=O) groups excluding carboxylic acids is 1. The molecule has 1 N–H and O–H groups in total. The molecule has 5 nitrogen and oxygen atoms in total. The lowest BCUT2D eigenvalue weighted by Gasteiger charge is -2.26. The Bertz CT molecular complexity index is 774. The molecule has 1 saturated heterocycles. The molecular formula is C19H26ClNO4S. The smallest absolute Gasteiger partial charge is 0.258 e. The average molecular weight is 400 g/mol. The molecule has 144 valence electrons. The normalized spacial score (nSPS) is 25.8. The van der Waals surface area contributed by atoms with Crippen LogP contribution in [0.4, 0.5) is 0 Å². The van der Waals surface area contributed by atoms with Crippen molar-refractivity contribution in [3.8, 4) is 5.75 Å². The first-order valence-electron chi connectivity index (χ1n) is 9.20. The van der Waals surface area contributed by atoms with Crippen LogP contribution < -0.4 is 10.1 Å². The molecule has 1 heterocycles. The molecule has 26 heavy (non-hydrogen) atoms. The number of hydrogen-bond acceptors (Lipinski definition) is 4. The maximum Gasteiger partial charge on any atom is 0.258 e. The van der Waals surface area contributed by atoms with E-state index < -0.39 is 15.4 Å². The topological polar surface area (TPSA) is 72.5 Å². The fourth-order valence-corrected chi connectivity index (χ4v) is 6.28. The summed E-state index contributed by atoms with van der Waals surface area (Å²) in [6.07, 6.45) is 6.32. The van der Waals surface area contributed by atoms with Crippen molar-refractivity contribution >= 4 is 27.3 Å². The molecule has 1 aromatic rings. The average Bonchev–Trinajstić information content (AvgIpc) is 2.87. The predicted octanol–water partition coefficient (Wildman–Crippen LogP) is 3.46. The molecule has 1 unspecified atom stereocenters. The van der Waals surface area contributed by atoms with E-state index in [4.69, 9.17) is 16.3 Å². The van der Waals surface area contributed by atoms with Crippen molar-refractivity contribution in [3.63, 3.8) is 0 Å². The van der Waals surface area contributed by atoms with Crippen LogP contribution in [0, 0.1) is 0 Å². The number of carbonyl (C=O) groups is 1. The highest BCUT2D eigenvalue weighted by Crippen LogP contribution is 2.38. The van der Waals surface area contributed by atoms with Gasteiger partial charge in [0.2, 0.25) is 0 Å². The van der Waals surface area contributed by atoms with Gasteiger partial charge in [-0.15, -0.1) is 0 Å². The molecule has 1 saturated carbocycles. The summed E-state index contributed by atoms with van der Waals surface area (Å²) in [6, 6.07) is 5.53. The van der Waals surface area contributed by atoms with Crippen molar-refractivity contribution in [1.29, 1.82) is 0 Å². The summed E-state index contributed by atoms with van der Waals surface area (Å²) in [6.45, 7) is 1.64. The Morgan fingerprint density at radius 3 is 2.69 bits per heavy atom. The van der Waals surface area contributed by atoms with E-state index in [1.54, 1.807) is 13.0 Å². The van der Waals surface area contributed by atoms with Gasteiger partial charge in [-0.3, -0.25) is 4.79 Å². The van der Waals surface area contributed by atoms with Gasteiger partial charge in [0.25, 0.3) is 5.91 Å². The van der Waals surface area contributed by atoms with Crippen LogP contribution in [0.2, 0.25) is 5.02 Å². The van der Waals surface area contributed by atoms with Crippen LogP contribution in [-0.4, -0.2) is 38.0 Å². The van der Waals surface area contributed by atoms with E-state index in [9.17, 15) is 13.2 Å². The largest absolute Gasteiger partial charge is 0.483 e. The van der Waals surface area contributed by atoms with E-state index >= 15 is 0 Å². The Morgan fingerprint density at radius 1 is 1.31 bits per heavy atom. The fourth-order valence-electron chi connectivity index (χ4n) is 4.01. The summed E-state index contributed by atoms with van der Waals surface area (Å²) in [5, 5.41) is 3.49. The number of rotatable bonds is 5. The lowest BCUT2D eigenvalue weighted by atomic mass is 9.84. The number of ether oxygens (including phenoxy) is 1. The number of halogens is 1. The summed E-state index contributed by atoms with van der Waals surface area (Å²) >= 11 is 6.17. The quantitative estimate of drug-likeness (QED) is 0.822.